The van der Waals surface area contributed by atoms with Crippen molar-refractivity contribution in [3.05, 3.63) is 0 Å². The monoisotopic (exact) mass is 263 g/mol. The van der Waals surface area contributed by atoms with Crippen LogP contribution in [0.1, 0.15) is 12.8 Å². The fourth-order valence-electron chi connectivity index (χ4n) is 2.23. The van der Waals surface area contributed by atoms with Crippen molar-refractivity contribution in [1.29, 1.82) is 0 Å². The van der Waals surface area contributed by atoms with Crippen LogP contribution in [0.2, 0.25) is 0 Å². The first-order valence-corrected chi connectivity index (χ1v) is 7.53. The van der Waals surface area contributed by atoms with Crippen molar-refractivity contribution in [3.8, 4) is 0 Å². The van der Waals surface area contributed by atoms with Crippen molar-refractivity contribution in [2.24, 2.45) is 0 Å². The standard InChI is InChI=1S/C10H21N3O3S/c1-12(10-3-8-16-9-10)17(14,15)13-6-2-4-11-5-7-13/h10-11H,2-9H2,1H3. The maximum Gasteiger partial charge on any atom is 0.282 e. The summed E-state index contributed by atoms with van der Waals surface area (Å²) in [5, 5.41) is 3.21. The molecule has 0 radical (unpaired) electrons. The molecular weight excluding hydrogens is 242 g/mol. The van der Waals surface area contributed by atoms with Gasteiger partial charge < -0.3 is 10.1 Å². The van der Waals surface area contributed by atoms with E-state index in [0.29, 0.717) is 26.3 Å². The molecule has 2 aliphatic heterocycles. The molecule has 0 saturated carbocycles. The maximum absolute atomic E-state index is 12.4. The minimum atomic E-state index is -3.32. The van der Waals surface area contributed by atoms with Crippen LogP contribution in [0.3, 0.4) is 0 Å². The Morgan fingerprint density at radius 1 is 1.35 bits per heavy atom. The van der Waals surface area contributed by atoms with Gasteiger partial charge in [0.15, 0.2) is 0 Å². The number of likely N-dealkylation sites (N-methyl/N-ethyl adjacent to an activating group) is 1. The van der Waals surface area contributed by atoms with Crippen LogP contribution < -0.4 is 5.32 Å². The van der Waals surface area contributed by atoms with E-state index in [9.17, 15) is 8.42 Å². The van der Waals surface area contributed by atoms with Crippen LogP contribution >= 0.6 is 0 Å². The van der Waals surface area contributed by atoms with Gasteiger partial charge in [-0.3, -0.25) is 0 Å². The molecule has 0 spiro atoms. The number of rotatable bonds is 3. The smallest absolute Gasteiger partial charge is 0.282 e. The van der Waals surface area contributed by atoms with Crippen LogP contribution in [-0.4, -0.2) is 69.5 Å². The molecule has 0 aromatic heterocycles. The largest absolute Gasteiger partial charge is 0.380 e. The highest BCUT2D eigenvalue weighted by atomic mass is 32.2. The zero-order valence-corrected chi connectivity index (χ0v) is 11.1. The highest BCUT2D eigenvalue weighted by molar-refractivity contribution is 7.86. The normalized spacial score (nSPS) is 28.5. The van der Waals surface area contributed by atoms with Gasteiger partial charge in [-0.1, -0.05) is 0 Å². The summed E-state index contributed by atoms with van der Waals surface area (Å²) in [7, 11) is -1.66. The topological polar surface area (TPSA) is 61.9 Å². The van der Waals surface area contributed by atoms with E-state index in [1.807, 2.05) is 0 Å². The van der Waals surface area contributed by atoms with Gasteiger partial charge in [-0.2, -0.15) is 17.0 Å². The van der Waals surface area contributed by atoms with Crippen LogP contribution in [0, 0.1) is 0 Å². The highest BCUT2D eigenvalue weighted by Gasteiger charge is 2.33. The lowest BCUT2D eigenvalue weighted by atomic mass is 10.3. The molecule has 2 rings (SSSR count). The molecule has 2 fully saturated rings. The number of hydrogen-bond donors (Lipinski definition) is 1. The molecule has 0 aromatic carbocycles. The second-order valence-electron chi connectivity index (χ2n) is 4.54. The van der Waals surface area contributed by atoms with Crippen molar-refractivity contribution in [3.63, 3.8) is 0 Å². The van der Waals surface area contributed by atoms with Crippen LogP contribution in [0.15, 0.2) is 0 Å². The summed E-state index contributed by atoms with van der Waals surface area (Å²) in [4.78, 5) is 0. The van der Waals surface area contributed by atoms with Crippen LogP contribution in [0.25, 0.3) is 0 Å². The van der Waals surface area contributed by atoms with Crippen molar-refractivity contribution in [2.45, 2.75) is 18.9 Å². The Morgan fingerprint density at radius 3 is 2.88 bits per heavy atom. The third kappa shape index (κ3) is 2.97. The van der Waals surface area contributed by atoms with Gasteiger partial charge in [0.2, 0.25) is 0 Å². The van der Waals surface area contributed by atoms with Gasteiger partial charge in [0, 0.05) is 33.3 Å². The number of nitrogens with one attached hydrogen (secondary N) is 1. The minimum Gasteiger partial charge on any atom is -0.380 e. The molecule has 17 heavy (non-hydrogen) atoms. The summed E-state index contributed by atoms with van der Waals surface area (Å²) in [5.41, 5.74) is 0. The third-order valence-corrected chi connectivity index (χ3v) is 5.45. The molecule has 7 heteroatoms. The van der Waals surface area contributed by atoms with Gasteiger partial charge in [0.25, 0.3) is 10.2 Å². The molecule has 6 nitrogen and oxygen atoms in total. The van der Waals surface area contributed by atoms with Crippen LogP contribution in [0.5, 0.6) is 0 Å². The van der Waals surface area contributed by atoms with E-state index in [-0.39, 0.29) is 6.04 Å². The number of hydrogen-bond acceptors (Lipinski definition) is 4. The van der Waals surface area contributed by atoms with Gasteiger partial charge in [-0.15, -0.1) is 0 Å². The molecule has 0 amide bonds. The predicted molar refractivity (Wildman–Crippen MR) is 65.0 cm³/mol. The third-order valence-electron chi connectivity index (χ3n) is 3.41. The molecule has 0 aliphatic carbocycles. The Balaban J connectivity index is 2.05. The van der Waals surface area contributed by atoms with E-state index < -0.39 is 10.2 Å². The van der Waals surface area contributed by atoms with Crippen LogP contribution in [-0.2, 0) is 14.9 Å². The summed E-state index contributed by atoms with van der Waals surface area (Å²) in [6.07, 6.45) is 1.66. The first kappa shape index (κ1) is 13.2. The minimum absolute atomic E-state index is 0.00351. The molecular formula is C10H21N3O3S. The van der Waals surface area contributed by atoms with Gasteiger partial charge >= 0.3 is 0 Å². The zero-order valence-electron chi connectivity index (χ0n) is 10.3. The Labute approximate surface area is 103 Å². The summed E-state index contributed by atoms with van der Waals surface area (Å²) < 4.78 is 33.1. The number of nitrogens with zero attached hydrogens (tertiary/aromatic N) is 2. The van der Waals surface area contributed by atoms with E-state index >= 15 is 0 Å². The van der Waals surface area contributed by atoms with Crippen molar-refractivity contribution >= 4 is 10.2 Å². The maximum atomic E-state index is 12.4. The fourth-order valence-corrected chi connectivity index (χ4v) is 3.82. The molecule has 2 heterocycles. The first-order chi connectivity index (χ1) is 8.12. The van der Waals surface area contributed by atoms with E-state index in [1.54, 1.807) is 11.4 Å². The van der Waals surface area contributed by atoms with E-state index in [1.165, 1.54) is 4.31 Å². The van der Waals surface area contributed by atoms with E-state index in [2.05, 4.69) is 5.32 Å². The molecule has 0 bridgehead atoms. The fraction of sp³-hybridized carbons (Fsp3) is 1.00. The average molecular weight is 263 g/mol. The van der Waals surface area contributed by atoms with Crippen molar-refractivity contribution < 1.29 is 13.2 Å². The van der Waals surface area contributed by atoms with Crippen molar-refractivity contribution in [1.82, 2.24) is 13.9 Å². The quantitative estimate of drug-likeness (QED) is 0.727. The van der Waals surface area contributed by atoms with Gasteiger partial charge in [0.1, 0.15) is 0 Å². The Morgan fingerprint density at radius 2 is 2.18 bits per heavy atom. The van der Waals surface area contributed by atoms with Crippen LogP contribution in [0.4, 0.5) is 0 Å². The number of ether oxygens (including phenoxy) is 1. The molecule has 2 aliphatic rings. The Hall–Kier alpha value is -0.210. The lowest BCUT2D eigenvalue weighted by Gasteiger charge is -2.29. The lowest BCUT2D eigenvalue weighted by Crippen LogP contribution is -2.47. The molecule has 0 aromatic rings. The molecule has 100 valence electrons. The molecule has 1 unspecified atom stereocenters. The Bertz CT molecular complexity index is 325. The van der Waals surface area contributed by atoms with E-state index in [4.69, 9.17) is 4.74 Å². The summed E-state index contributed by atoms with van der Waals surface area (Å²) in [6.45, 7) is 3.96. The predicted octanol–water partition coefficient (Wildman–Crippen LogP) is -0.753. The Kier molecular flexibility index (Phi) is 4.37. The lowest BCUT2D eigenvalue weighted by molar-refractivity contribution is 0.179. The summed E-state index contributed by atoms with van der Waals surface area (Å²) in [5.74, 6) is 0. The average Bonchev–Trinajstić information content (AvgIpc) is 2.69. The summed E-state index contributed by atoms with van der Waals surface area (Å²) in [6, 6.07) is -0.00351. The molecule has 1 N–H and O–H groups in total. The summed E-state index contributed by atoms with van der Waals surface area (Å²) >= 11 is 0. The zero-order chi connectivity index (χ0) is 12.3. The first-order valence-electron chi connectivity index (χ1n) is 6.14. The SMILES string of the molecule is CN(C1CCOC1)S(=O)(=O)N1CCCNCC1. The van der Waals surface area contributed by atoms with Crippen molar-refractivity contribution in [2.75, 3.05) is 46.4 Å². The molecule has 2 saturated heterocycles. The van der Waals surface area contributed by atoms with E-state index in [0.717, 1.165) is 25.9 Å². The molecule has 1 atom stereocenters. The van der Waals surface area contributed by atoms with Gasteiger partial charge in [-0.05, 0) is 19.4 Å². The van der Waals surface area contributed by atoms with Gasteiger partial charge in [-0.25, -0.2) is 0 Å². The van der Waals surface area contributed by atoms with Gasteiger partial charge in [0.05, 0.1) is 12.6 Å². The second-order valence-corrected chi connectivity index (χ2v) is 6.53. The highest BCUT2D eigenvalue weighted by Crippen LogP contribution is 2.17. The second kappa shape index (κ2) is 5.62.